The SMILES string of the molecule is CCOC(=O)[C@@H]1CCCN(C(=O)c2ccc(Nc3c(Oc4ccc(C(C)C)cc4)cnn(C)c3=O)cc2)C1. The summed E-state index contributed by atoms with van der Waals surface area (Å²) in [5, 5.41) is 7.23. The zero-order valence-corrected chi connectivity index (χ0v) is 22.3. The Morgan fingerprint density at radius 3 is 2.47 bits per heavy atom. The lowest BCUT2D eigenvalue weighted by molar-refractivity contribution is -0.149. The van der Waals surface area contributed by atoms with Gasteiger partial charge in [-0.3, -0.25) is 14.4 Å². The molecule has 38 heavy (non-hydrogen) atoms. The molecule has 1 fully saturated rings. The van der Waals surface area contributed by atoms with E-state index in [2.05, 4.69) is 24.3 Å². The number of rotatable bonds is 8. The van der Waals surface area contributed by atoms with Crippen molar-refractivity contribution in [1.82, 2.24) is 14.7 Å². The van der Waals surface area contributed by atoms with Gasteiger partial charge < -0.3 is 19.7 Å². The molecule has 1 aromatic heterocycles. The van der Waals surface area contributed by atoms with E-state index in [0.717, 1.165) is 12.8 Å². The van der Waals surface area contributed by atoms with E-state index in [1.807, 2.05) is 24.3 Å². The molecule has 200 valence electrons. The molecular weight excluding hydrogens is 484 g/mol. The van der Waals surface area contributed by atoms with Crippen LogP contribution in [0.5, 0.6) is 11.5 Å². The van der Waals surface area contributed by atoms with Crippen molar-refractivity contribution < 1.29 is 19.1 Å². The van der Waals surface area contributed by atoms with Gasteiger partial charge in [-0.2, -0.15) is 5.10 Å². The maximum absolute atomic E-state index is 13.1. The Morgan fingerprint density at radius 1 is 1.11 bits per heavy atom. The van der Waals surface area contributed by atoms with Crippen molar-refractivity contribution in [1.29, 1.82) is 0 Å². The zero-order valence-electron chi connectivity index (χ0n) is 22.3. The highest BCUT2D eigenvalue weighted by atomic mass is 16.5. The molecule has 2 aromatic carbocycles. The van der Waals surface area contributed by atoms with Crippen LogP contribution in [0.3, 0.4) is 0 Å². The van der Waals surface area contributed by atoms with Crippen LogP contribution in [-0.2, 0) is 16.6 Å². The minimum Gasteiger partial charge on any atom is -0.466 e. The van der Waals surface area contributed by atoms with Gasteiger partial charge in [0.05, 0.1) is 18.7 Å². The molecule has 1 aliphatic rings. The number of nitrogens with zero attached hydrogens (tertiary/aromatic N) is 3. The molecule has 4 rings (SSSR count). The van der Waals surface area contributed by atoms with E-state index in [1.165, 1.54) is 16.4 Å². The van der Waals surface area contributed by atoms with Crippen LogP contribution in [0.2, 0.25) is 0 Å². The molecule has 0 unspecified atom stereocenters. The minimum absolute atomic E-state index is 0.140. The number of piperidine rings is 1. The van der Waals surface area contributed by atoms with Gasteiger partial charge in [0.1, 0.15) is 5.75 Å². The maximum Gasteiger partial charge on any atom is 0.310 e. The van der Waals surface area contributed by atoms with Gasteiger partial charge in [-0.1, -0.05) is 26.0 Å². The third kappa shape index (κ3) is 6.22. The van der Waals surface area contributed by atoms with E-state index in [-0.39, 0.29) is 29.0 Å². The van der Waals surface area contributed by atoms with Crippen LogP contribution >= 0.6 is 0 Å². The molecule has 0 aliphatic carbocycles. The van der Waals surface area contributed by atoms with Gasteiger partial charge in [-0.15, -0.1) is 0 Å². The Morgan fingerprint density at radius 2 is 1.82 bits per heavy atom. The van der Waals surface area contributed by atoms with Crippen LogP contribution in [0.1, 0.15) is 55.5 Å². The second-order valence-corrected chi connectivity index (χ2v) is 9.68. The van der Waals surface area contributed by atoms with Crippen LogP contribution in [0, 0.1) is 5.92 Å². The third-order valence-electron chi connectivity index (χ3n) is 6.61. The summed E-state index contributed by atoms with van der Waals surface area (Å²) < 4.78 is 12.4. The number of nitrogens with one attached hydrogen (secondary N) is 1. The molecule has 1 N–H and O–H groups in total. The smallest absolute Gasteiger partial charge is 0.310 e. The molecule has 2 heterocycles. The summed E-state index contributed by atoms with van der Waals surface area (Å²) in [5.74, 6) is 0.601. The number of aryl methyl sites for hydroxylation is 1. The second-order valence-electron chi connectivity index (χ2n) is 9.68. The van der Waals surface area contributed by atoms with Crippen molar-refractivity contribution in [2.45, 2.75) is 39.5 Å². The van der Waals surface area contributed by atoms with Crippen LogP contribution < -0.4 is 15.6 Å². The number of carbonyl (C=O) groups is 2. The quantitative estimate of drug-likeness (QED) is 0.425. The standard InChI is InChI=1S/C29H34N4O5/c1-5-37-29(36)22-7-6-16-33(18-22)27(34)21-8-12-23(13-9-21)31-26-25(17-30-32(4)28(26)35)38-24-14-10-20(11-15-24)19(2)3/h8-15,17,19,22,31H,5-7,16,18H2,1-4H3/t22-/m1/s1. The number of esters is 1. The lowest BCUT2D eigenvalue weighted by Crippen LogP contribution is -2.42. The van der Waals surface area contributed by atoms with E-state index in [0.29, 0.717) is 48.4 Å². The normalized spacial score (nSPS) is 15.3. The molecule has 9 nitrogen and oxygen atoms in total. The number of benzene rings is 2. The van der Waals surface area contributed by atoms with Crippen molar-refractivity contribution in [3.05, 3.63) is 76.2 Å². The molecule has 1 aliphatic heterocycles. The largest absolute Gasteiger partial charge is 0.466 e. The van der Waals surface area contributed by atoms with Gasteiger partial charge in [-0.25, -0.2) is 4.68 Å². The minimum atomic E-state index is -0.347. The summed E-state index contributed by atoms with van der Waals surface area (Å²) in [5.41, 5.74) is 2.20. The van der Waals surface area contributed by atoms with Gasteiger partial charge >= 0.3 is 5.97 Å². The van der Waals surface area contributed by atoms with Gasteiger partial charge in [-0.05, 0) is 67.6 Å². The van der Waals surface area contributed by atoms with Gasteiger partial charge in [0.2, 0.25) is 0 Å². The van der Waals surface area contributed by atoms with Gasteiger partial charge in [0.25, 0.3) is 11.5 Å². The molecule has 1 amide bonds. The summed E-state index contributed by atoms with van der Waals surface area (Å²) in [7, 11) is 1.57. The monoisotopic (exact) mass is 518 g/mol. The Hall–Kier alpha value is -4.14. The molecule has 3 aromatic rings. The van der Waals surface area contributed by atoms with Crippen LogP contribution in [-0.4, -0.2) is 46.3 Å². The fraction of sp³-hybridized carbons (Fsp3) is 0.379. The number of hydrogen-bond acceptors (Lipinski definition) is 7. The summed E-state index contributed by atoms with van der Waals surface area (Å²) in [6, 6.07) is 14.6. The van der Waals surface area contributed by atoms with E-state index >= 15 is 0 Å². The van der Waals surface area contributed by atoms with E-state index in [4.69, 9.17) is 9.47 Å². The summed E-state index contributed by atoms with van der Waals surface area (Å²) in [6.45, 7) is 7.29. The number of carbonyl (C=O) groups excluding carboxylic acids is 2. The number of hydrogen-bond donors (Lipinski definition) is 1. The van der Waals surface area contributed by atoms with Crippen molar-refractivity contribution in [3.8, 4) is 11.5 Å². The first-order chi connectivity index (χ1) is 18.3. The maximum atomic E-state index is 13.1. The predicted molar refractivity (Wildman–Crippen MR) is 145 cm³/mol. The Balaban J connectivity index is 1.49. The average molecular weight is 519 g/mol. The molecule has 0 saturated carbocycles. The highest BCUT2D eigenvalue weighted by Crippen LogP contribution is 2.29. The lowest BCUT2D eigenvalue weighted by Gasteiger charge is -2.31. The number of aromatic nitrogens is 2. The number of ether oxygens (including phenoxy) is 2. The fourth-order valence-corrected chi connectivity index (χ4v) is 4.40. The van der Waals surface area contributed by atoms with Crippen LogP contribution in [0.4, 0.5) is 11.4 Å². The topological polar surface area (TPSA) is 103 Å². The van der Waals surface area contributed by atoms with Crippen molar-refractivity contribution >= 4 is 23.3 Å². The number of amides is 1. The summed E-state index contributed by atoms with van der Waals surface area (Å²) >= 11 is 0. The van der Waals surface area contributed by atoms with Crippen molar-refractivity contribution in [2.24, 2.45) is 13.0 Å². The molecular formula is C29H34N4O5. The van der Waals surface area contributed by atoms with Crippen LogP contribution in [0.25, 0.3) is 0 Å². The first-order valence-electron chi connectivity index (χ1n) is 12.9. The van der Waals surface area contributed by atoms with Crippen LogP contribution in [0.15, 0.2) is 59.5 Å². The highest BCUT2D eigenvalue weighted by Gasteiger charge is 2.29. The highest BCUT2D eigenvalue weighted by molar-refractivity contribution is 5.95. The molecule has 1 atom stereocenters. The average Bonchev–Trinajstić information content (AvgIpc) is 2.93. The lowest BCUT2D eigenvalue weighted by atomic mass is 9.97. The summed E-state index contributed by atoms with van der Waals surface area (Å²) in [4.78, 5) is 39.8. The Labute approximate surface area is 222 Å². The molecule has 0 bridgehead atoms. The molecule has 0 radical (unpaired) electrons. The Kier molecular flexibility index (Phi) is 8.45. The van der Waals surface area contributed by atoms with Crippen molar-refractivity contribution in [2.75, 3.05) is 25.0 Å². The van der Waals surface area contributed by atoms with E-state index in [9.17, 15) is 14.4 Å². The fourth-order valence-electron chi connectivity index (χ4n) is 4.40. The van der Waals surface area contributed by atoms with E-state index in [1.54, 1.807) is 43.1 Å². The predicted octanol–water partition coefficient (Wildman–Crippen LogP) is 4.85. The number of anilines is 2. The first kappa shape index (κ1) is 26.9. The zero-order chi connectivity index (χ0) is 27.2. The molecule has 0 spiro atoms. The Bertz CT molecular complexity index is 1330. The molecule has 1 saturated heterocycles. The number of likely N-dealkylation sites (tertiary alicyclic amines) is 1. The first-order valence-corrected chi connectivity index (χ1v) is 12.9. The van der Waals surface area contributed by atoms with E-state index < -0.39 is 0 Å². The van der Waals surface area contributed by atoms with Gasteiger partial charge in [0.15, 0.2) is 11.4 Å². The van der Waals surface area contributed by atoms with Crippen molar-refractivity contribution in [3.63, 3.8) is 0 Å². The third-order valence-corrected chi connectivity index (χ3v) is 6.61. The summed E-state index contributed by atoms with van der Waals surface area (Å²) in [6.07, 6.45) is 2.97. The van der Waals surface area contributed by atoms with Gasteiger partial charge in [0, 0.05) is 31.4 Å². The molecule has 9 heteroatoms. The second kappa shape index (κ2) is 11.9.